The van der Waals surface area contributed by atoms with E-state index in [9.17, 15) is 18.4 Å². The van der Waals surface area contributed by atoms with Crippen LogP contribution in [0.5, 0.6) is 0 Å². The van der Waals surface area contributed by atoms with Gasteiger partial charge >= 0.3 is 17.9 Å². The molecule has 2 aromatic rings. The van der Waals surface area contributed by atoms with Gasteiger partial charge in [-0.05, 0) is 73.3 Å². The molecule has 4 aliphatic rings. The van der Waals surface area contributed by atoms with E-state index >= 15 is 0 Å². The van der Waals surface area contributed by atoms with Crippen molar-refractivity contribution in [3.05, 3.63) is 48.0 Å². The van der Waals surface area contributed by atoms with E-state index in [1.807, 2.05) is 36.4 Å². The molecule has 31 heavy (non-hydrogen) atoms. The fraction of sp³-hybridized carbons (Fsp3) is 0.520. The highest BCUT2D eigenvalue weighted by Crippen LogP contribution is 2.63. The Morgan fingerprint density at radius 3 is 2.39 bits per heavy atom. The van der Waals surface area contributed by atoms with Crippen LogP contribution in [0.25, 0.3) is 10.8 Å². The van der Waals surface area contributed by atoms with Crippen molar-refractivity contribution in [3.8, 4) is 0 Å². The van der Waals surface area contributed by atoms with Crippen LogP contribution >= 0.6 is 0 Å². The Morgan fingerprint density at radius 1 is 1.03 bits per heavy atom. The molecule has 4 saturated carbocycles. The highest BCUT2D eigenvalue weighted by molar-refractivity contribution is 5.95. The molecular weight excluding hydrogens is 402 g/mol. The molecule has 0 aromatic heterocycles. The highest BCUT2D eigenvalue weighted by Gasteiger charge is 2.60. The van der Waals surface area contributed by atoms with Gasteiger partial charge in [0.25, 0.3) is 0 Å². The maximum absolute atomic E-state index is 13.3. The fourth-order valence-electron chi connectivity index (χ4n) is 6.57. The maximum Gasteiger partial charge on any atom is 0.376 e. The van der Waals surface area contributed by atoms with Crippen molar-refractivity contribution >= 4 is 22.7 Å². The average Bonchev–Trinajstić information content (AvgIpc) is 2.69. The van der Waals surface area contributed by atoms with Gasteiger partial charge in [-0.25, -0.2) is 9.59 Å². The molecule has 4 bridgehead atoms. The van der Waals surface area contributed by atoms with Gasteiger partial charge in [0.05, 0.1) is 12.2 Å². The third-order valence-corrected chi connectivity index (χ3v) is 7.29. The second-order valence-electron chi connectivity index (χ2n) is 10.1. The summed E-state index contributed by atoms with van der Waals surface area (Å²) < 4.78 is 37.8. The van der Waals surface area contributed by atoms with Gasteiger partial charge in [0.1, 0.15) is 5.60 Å². The van der Waals surface area contributed by atoms with Crippen LogP contribution in [-0.2, 0) is 14.3 Å². The molecule has 6 rings (SSSR count). The van der Waals surface area contributed by atoms with Crippen molar-refractivity contribution < 1.29 is 27.8 Å². The third kappa shape index (κ3) is 3.81. The van der Waals surface area contributed by atoms with Crippen LogP contribution in [0.1, 0.15) is 55.8 Å². The summed E-state index contributed by atoms with van der Waals surface area (Å²) in [4.78, 5) is 24.7. The number of carbonyl (C=O) groups excluding carboxylic acids is 2. The number of hydrogen-bond donors (Lipinski definition) is 0. The maximum atomic E-state index is 13.3. The normalized spacial score (nSPS) is 31.6. The first kappa shape index (κ1) is 20.4. The first-order valence-corrected chi connectivity index (χ1v) is 10.9. The van der Waals surface area contributed by atoms with E-state index in [0.717, 1.165) is 42.9 Å². The zero-order valence-corrected chi connectivity index (χ0v) is 17.5. The lowest BCUT2D eigenvalue weighted by molar-refractivity contribution is -0.197. The van der Waals surface area contributed by atoms with Crippen LogP contribution in [0.3, 0.4) is 0 Å². The molecule has 0 saturated heterocycles. The number of rotatable bonds is 5. The molecule has 4 aliphatic carbocycles. The van der Waals surface area contributed by atoms with E-state index in [2.05, 4.69) is 0 Å². The number of benzene rings is 2. The van der Waals surface area contributed by atoms with Crippen molar-refractivity contribution in [2.45, 2.75) is 57.0 Å². The Labute approximate surface area is 179 Å². The minimum absolute atomic E-state index is 0.0302. The zero-order valence-electron chi connectivity index (χ0n) is 17.5. The van der Waals surface area contributed by atoms with E-state index in [0.29, 0.717) is 30.7 Å². The van der Waals surface area contributed by atoms with E-state index in [4.69, 9.17) is 9.47 Å². The number of hydrogen-bond acceptors (Lipinski definition) is 4. The van der Waals surface area contributed by atoms with Gasteiger partial charge in [0.15, 0.2) is 0 Å². The summed E-state index contributed by atoms with van der Waals surface area (Å²) in [6.45, 7) is 0.527. The van der Waals surface area contributed by atoms with Crippen LogP contribution < -0.4 is 0 Å². The molecular formula is C25H26F2O4. The molecule has 164 valence electrons. The Bertz CT molecular complexity index is 1030. The van der Waals surface area contributed by atoms with Crippen LogP contribution in [0.4, 0.5) is 8.78 Å². The lowest BCUT2D eigenvalue weighted by atomic mass is 9.48. The molecule has 0 spiro atoms. The Hall–Kier alpha value is -2.50. The van der Waals surface area contributed by atoms with Gasteiger partial charge in [0.2, 0.25) is 0 Å². The molecule has 0 heterocycles. The molecule has 0 amide bonds. The monoisotopic (exact) mass is 428 g/mol. The molecule has 6 heteroatoms. The Kier molecular flexibility index (Phi) is 4.61. The average molecular weight is 428 g/mol. The third-order valence-electron chi connectivity index (χ3n) is 7.29. The number of esters is 2. The molecule has 0 N–H and O–H groups in total. The quantitative estimate of drug-likeness (QED) is 0.588. The molecule has 0 radical (unpaired) electrons. The predicted octanol–water partition coefficient (Wildman–Crippen LogP) is 5.53. The first-order valence-electron chi connectivity index (χ1n) is 10.9. The van der Waals surface area contributed by atoms with Crippen LogP contribution in [-0.4, -0.2) is 30.1 Å². The molecule has 2 aromatic carbocycles. The summed E-state index contributed by atoms with van der Waals surface area (Å²) in [5.74, 6) is -4.59. The summed E-state index contributed by atoms with van der Waals surface area (Å²) in [7, 11) is 0. The summed E-state index contributed by atoms with van der Waals surface area (Å²) in [5.41, 5.74) is -0.469. The van der Waals surface area contributed by atoms with Crippen molar-refractivity contribution in [1.29, 1.82) is 0 Å². The smallest absolute Gasteiger partial charge is 0.376 e. The number of carbonyl (C=O) groups is 2. The van der Waals surface area contributed by atoms with Crippen molar-refractivity contribution in [3.63, 3.8) is 0 Å². The molecule has 2 atom stereocenters. The summed E-state index contributed by atoms with van der Waals surface area (Å²) in [6, 6.07) is 13.4. The van der Waals surface area contributed by atoms with Crippen molar-refractivity contribution in [2.24, 2.45) is 17.3 Å². The van der Waals surface area contributed by atoms with E-state index < -0.39 is 17.5 Å². The van der Waals surface area contributed by atoms with Crippen molar-refractivity contribution in [2.75, 3.05) is 6.61 Å². The van der Waals surface area contributed by atoms with Gasteiger partial charge in [-0.15, -0.1) is 0 Å². The Balaban J connectivity index is 1.35. The molecule has 4 nitrogen and oxygen atoms in total. The van der Waals surface area contributed by atoms with Gasteiger partial charge in [-0.2, -0.15) is 8.78 Å². The first-order chi connectivity index (χ1) is 14.7. The number of alkyl halides is 2. The number of ether oxygens (including phenoxy) is 2. The molecule has 2 unspecified atom stereocenters. The standard InChI is InChI=1S/C25H26F2O4/c1-23(26,27)22(29)30-15-24-10-16-8-17(11-24)13-25(12-16,14-24)31-21(28)20-7-6-18-4-2-3-5-19(18)9-20/h2-7,9,16-17H,8,10-15H2,1H3. The van der Waals surface area contributed by atoms with Gasteiger partial charge < -0.3 is 9.47 Å². The van der Waals surface area contributed by atoms with E-state index in [1.54, 1.807) is 6.07 Å². The predicted molar refractivity (Wildman–Crippen MR) is 111 cm³/mol. The second kappa shape index (κ2) is 7.01. The highest BCUT2D eigenvalue weighted by atomic mass is 19.3. The summed E-state index contributed by atoms with van der Waals surface area (Å²) >= 11 is 0. The lowest BCUT2D eigenvalue weighted by Gasteiger charge is -2.60. The summed E-state index contributed by atoms with van der Waals surface area (Å²) in [6.07, 6.45) is 4.89. The lowest BCUT2D eigenvalue weighted by Crippen LogP contribution is -2.59. The van der Waals surface area contributed by atoms with Crippen molar-refractivity contribution in [1.82, 2.24) is 0 Å². The van der Waals surface area contributed by atoms with Crippen LogP contribution in [0.15, 0.2) is 42.5 Å². The van der Waals surface area contributed by atoms with E-state index in [1.165, 1.54) is 0 Å². The van der Waals surface area contributed by atoms with Crippen LogP contribution in [0.2, 0.25) is 0 Å². The topological polar surface area (TPSA) is 52.6 Å². The second-order valence-corrected chi connectivity index (χ2v) is 10.1. The summed E-state index contributed by atoms with van der Waals surface area (Å²) in [5, 5.41) is 2.04. The van der Waals surface area contributed by atoms with Gasteiger partial charge in [-0.3, -0.25) is 0 Å². The van der Waals surface area contributed by atoms with Gasteiger partial charge in [0, 0.05) is 12.3 Å². The fourth-order valence-corrected chi connectivity index (χ4v) is 6.57. The Morgan fingerprint density at radius 2 is 1.71 bits per heavy atom. The SMILES string of the molecule is CC(F)(F)C(=O)OCC12CC3CC(C1)CC(OC(=O)c1ccc4ccccc4c1)(C3)C2. The minimum atomic E-state index is -3.50. The van der Waals surface area contributed by atoms with Gasteiger partial charge in [-0.1, -0.05) is 30.3 Å². The zero-order chi connectivity index (χ0) is 21.9. The number of fused-ring (bicyclic) bond motifs is 1. The minimum Gasteiger partial charge on any atom is -0.461 e. The largest absolute Gasteiger partial charge is 0.461 e. The molecule has 0 aliphatic heterocycles. The van der Waals surface area contributed by atoms with E-state index in [-0.39, 0.29) is 18.0 Å². The van der Waals surface area contributed by atoms with Crippen LogP contribution in [0, 0.1) is 17.3 Å². The number of halogens is 2. The molecule has 4 fully saturated rings.